The molecule has 0 spiro atoms. The van der Waals surface area contributed by atoms with Gasteiger partial charge in [-0.25, -0.2) is 4.79 Å². The maximum atomic E-state index is 11.2. The van der Waals surface area contributed by atoms with E-state index in [4.69, 9.17) is 14.2 Å². The highest BCUT2D eigenvalue weighted by Crippen LogP contribution is 2.23. The number of hydrogen-bond acceptors (Lipinski definition) is 4. The Morgan fingerprint density at radius 1 is 1.30 bits per heavy atom. The van der Waals surface area contributed by atoms with Crippen LogP contribution >= 0.6 is 0 Å². The van der Waals surface area contributed by atoms with E-state index in [2.05, 4.69) is 6.58 Å². The minimum Gasteiger partial charge on any atom is -0.493 e. The van der Waals surface area contributed by atoms with Crippen molar-refractivity contribution in [1.29, 1.82) is 0 Å². The second kappa shape index (κ2) is 8.42. The van der Waals surface area contributed by atoms with Gasteiger partial charge >= 0.3 is 5.97 Å². The van der Waals surface area contributed by atoms with E-state index in [1.807, 2.05) is 18.2 Å². The first-order valence-electron chi connectivity index (χ1n) is 6.37. The highest BCUT2D eigenvalue weighted by atomic mass is 28.2. The molecule has 0 aliphatic carbocycles. The molecule has 0 aromatic heterocycles. The van der Waals surface area contributed by atoms with Crippen LogP contribution in [-0.4, -0.2) is 36.3 Å². The Bertz CT molecular complexity index is 471. The number of benzene rings is 1. The van der Waals surface area contributed by atoms with Gasteiger partial charge in [0.25, 0.3) is 0 Å². The van der Waals surface area contributed by atoms with Gasteiger partial charge in [0.2, 0.25) is 0 Å². The number of methoxy groups -OCH3 is 2. The Hall–Kier alpha value is -1.75. The molecule has 1 aromatic rings. The Morgan fingerprint density at radius 2 is 2.05 bits per heavy atom. The van der Waals surface area contributed by atoms with E-state index >= 15 is 0 Å². The van der Waals surface area contributed by atoms with Gasteiger partial charge in [-0.15, -0.1) is 0 Å². The highest BCUT2D eigenvalue weighted by molar-refractivity contribution is 6.54. The summed E-state index contributed by atoms with van der Waals surface area (Å²) in [7, 11) is 3.85. The van der Waals surface area contributed by atoms with Crippen LogP contribution in [0.25, 0.3) is 0 Å². The summed E-state index contributed by atoms with van der Waals surface area (Å²) in [5, 5.41) is 1.12. The lowest BCUT2D eigenvalue weighted by molar-refractivity contribution is -0.138. The zero-order chi connectivity index (χ0) is 15.0. The Morgan fingerprint density at radius 3 is 2.65 bits per heavy atom. The van der Waals surface area contributed by atoms with Crippen LogP contribution in [-0.2, 0) is 9.53 Å². The first-order chi connectivity index (χ1) is 9.60. The third-order valence-corrected chi connectivity index (χ3v) is 4.00. The van der Waals surface area contributed by atoms with Crippen molar-refractivity contribution in [1.82, 2.24) is 0 Å². The standard InChI is InChI=1S/C15H20O4Si/c1-11(2)15(16)19-9-6-10-20-13-8-5-7-12(17-3)14(13)18-4/h5,7-8H,1,6,9-10H2,2-4H3. The number of hydrogen-bond donors (Lipinski definition) is 0. The summed E-state index contributed by atoms with van der Waals surface area (Å²) in [6.07, 6.45) is 0.817. The summed E-state index contributed by atoms with van der Waals surface area (Å²) in [5.74, 6) is 1.20. The van der Waals surface area contributed by atoms with Crippen LogP contribution in [0.1, 0.15) is 13.3 Å². The highest BCUT2D eigenvalue weighted by Gasteiger charge is 2.09. The van der Waals surface area contributed by atoms with Crippen molar-refractivity contribution >= 4 is 20.7 Å². The van der Waals surface area contributed by atoms with E-state index in [1.165, 1.54) is 0 Å². The first kappa shape index (κ1) is 16.3. The minimum atomic E-state index is -0.327. The number of carbonyl (C=O) groups excluding carboxylic acids is 1. The topological polar surface area (TPSA) is 44.8 Å². The molecule has 108 valence electrons. The summed E-state index contributed by atoms with van der Waals surface area (Å²) in [6.45, 7) is 5.61. The van der Waals surface area contributed by atoms with Crippen molar-refractivity contribution in [2.45, 2.75) is 19.4 Å². The number of rotatable bonds is 8. The third-order valence-electron chi connectivity index (χ3n) is 2.62. The quantitative estimate of drug-likeness (QED) is 0.318. The average Bonchev–Trinajstić information content (AvgIpc) is 2.45. The van der Waals surface area contributed by atoms with Crippen LogP contribution in [0.5, 0.6) is 11.5 Å². The molecule has 2 radical (unpaired) electrons. The van der Waals surface area contributed by atoms with E-state index in [0.717, 1.165) is 29.2 Å². The summed E-state index contributed by atoms with van der Waals surface area (Å²) < 4.78 is 15.7. The molecule has 0 amide bonds. The fourth-order valence-electron chi connectivity index (χ4n) is 1.61. The summed E-state index contributed by atoms with van der Waals surface area (Å²) >= 11 is 0. The molecule has 0 atom stereocenters. The van der Waals surface area contributed by atoms with Gasteiger partial charge in [-0.3, -0.25) is 0 Å². The normalized spacial score (nSPS) is 9.95. The van der Waals surface area contributed by atoms with Crippen molar-refractivity contribution < 1.29 is 19.0 Å². The van der Waals surface area contributed by atoms with Crippen LogP contribution in [0.3, 0.4) is 0 Å². The van der Waals surface area contributed by atoms with Crippen LogP contribution in [0, 0.1) is 0 Å². The SMILES string of the molecule is C=C(C)C(=O)OCCC[Si]c1cccc(OC)c1OC. The fourth-order valence-corrected chi connectivity index (χ4v) is 2.80. The van der Waals surface area contributed by atoms with Gasteiger partial charge in [0.1, 0.15) is 0 Å². The number of para-hydroxylation sites is 1. The maximum Gasteiger partial charge on any atom is 0.333 e. The molecule has 0 bridgehead atoms. The van der Waals surface area contributed by atoms with Gasteiger partial charge in [0.05, 0.1) is 30.3 Å². The zero-order valence-corrected chi connectivity index (χ0v) is 13.2. The molecule has 0 fully saturated rings. The monoisotopic (exact) mass is 292 g/mol. The lowest BCUT2D eigenvalue weighted by atomic mass is 10.3. The van der Waals surface area contributed by atoms with Crippen molar-refractivity contribution in [3.8, 4) is 11.5 Å². The largest absolute Gasteiger partial charge is 0.493 e. The van der Waals surface area contributed by atoms with Crippen LogP contribution in [0.2, 0.25) is 6.04 Å². The van der Waals surface area contributed by atoms with Crippen molar-refractivity contribution in [2.75, 3.05) is 20.8 Å². The average molecular weight is 292 g/mol. The van der Waals surface area contributed by atoms with Crippen LogP contribution in [0.4, 0.5) is 0 Å². The molecule has 0 aliphatic heterocycles. The molecule has 1 aromatic carbocycles. The number of ether oxygens (including phenoxy) is 3. The van der Waals surface area contributed by atoms with Crippen LogP contribution < -0.4 is 14.7 Å². The lowest BCUT2D eigenvalue weighted by Gasteiger charge is -2.12. The molecule has 0 saturated heterocycles. The Balaban J connectivity index is 2.42. The molecule has 0 N–H and O–H groups in total. The third kappa shape index (κ3) is 4.73. The smallest absolute Gasteiger partial charge is 0.333 e. The molecule has 0 unspecified atom stereocenters. The Kier molecular flexibility index (Phi) is 6.87. The molecule has 0 saturated carbocycles. The molecular formula is C15H20O4Si. The van der Waals surface area contributed by atoms with Gasteiger partial charge in [-0.1, -0.05) is 24.8 Å². The second-order valence-electron chi connectivity index (χ2n) is 4.24. The van der Waals surface area contributed by atoms with Gasteiger partial charge in [-0.05, 0) is 24.6 Å². The molecule has 0 aliphatic rings. The van der Waals surface area contributed by atoms with Crippen molar-refractivity contribution in [2.24, 2.45) is 0 Å². The van der Waals surface area contributed by atoms with Crippen molar-refractivity contribution in [3.05, 3.63) is 30.4 Å². The van der Waals surface area contributed by atoms with Gasteiger partial charge in [0, 0.05) is 5.57 Å². The lowest BCUT2D eigenvalue weighted by Crippen LogP contribution is -2.18. The van der Waals surface area contributed by atoms with E-state index in [0.29, 0.717) is 21.7 Å². The second-order valence-corrected chi connectivity index (χ2v) is 5.63. The summed E-state index contributed by atoms with van der Waals surface area (Å²) in [6, 6.07) is 6.79. The summed E-state index contributed by atoms with van der Waals surface area (Å²) in [5.41, 5.74) is 0.432. The van der Waals surface area contributed by atoms with Gasteiger partial charge in [0.15, 0.2) is 11.5 Å². The maximum absolute atomic E-state index is 11.2. The molecule has 20 heavy (non-hydrogen) atoms. The Labute approximate surface area is 122 Å². The number of esters is 1. The fraction of sp³-hybridized carbons (Fsp3) is 0.400. The molecule has 1 rings (SSSR count). The number of carbonyl (C=O) groups is 1. The van der Waals surface area contributed by atoms with Crippen LogP contribution in [0.15, 0.2) is 30.4 Å². The van der Waals surface area contributed by atoms with E-state index in [-0.39, 0.29) is 5.97 Å². The van der Waals surface area contributed by atoms with E-state index in [9.17, 15) is 4.79 Å². The predicted octanol–water partition coefficient (Wildman–Crippen LogP) is 1.96. The summed E-state index contributed by atoms with van der Waals surface area (Å²) in [4.78, 5) is 11.2. The van der Waals surface area contributed by atoms with E-state index < -0.39 is 0 Å². The minimum absolute atomic E-state index is 0.327. The predicted molar refractivity (Wildman–Crippen MR) is 80.1 cm³/mol. The molecule has 5 heteroatoms. The van der Waals surface area contributed by atoms with Gasteiger partial charge < -0.3 is 14.2 Å². The molecule has 0 heterocycles. The zero-order valence-electron chi connectivity index (χ0n) is 12.2. The van der Waals surface area contributed by atoms with E-state index in [1.54, 1.807) is 21.1 Å². The molecule has 4 nitrogen and oxygen atoms in total. The van der Waals surface area contributed by atoms with Gasteiger partial charge in [-0.2, -0.15) is 0 Å². The van der Waals surface area contributed by atoms with Crippen molar-refractivity contribution in [3.63, 3.8) is 0 Å². The first-order valence-corrected chi connectivity index (χ1v) is 7.58. The molecular weight excluding hydrogens is 272 g/mol.